The van der Waals surface area contributed by atoms with Gasteiger partial charge < -0.3 is 38.6 Å². The number of likely N-dealkylation sites (N-methyl/N-ethyl adjacent to an activating group) is 1. The molecule has 3 heterocycles. The summed E-state index contributed by atoms with van der Waals surface area (Å²) in [6.07, 6.45) is 1.61. The smallest absolute Gasteiger partial charge is 0.409 e. The fraction of sp³-hybridized carbons (Fsp3) is 0.632. The number of allylic oxidation sites excluding steroid dienone is 3. The number of hydrogen-bond acceptors (Lipinski definition) is 11. The van der Waals surface area contributed by atoms with Crippen LogP contribution in [0.5, 0.6) is 5.75 Å². The molecule has 0 aliphatic carbocycles. The average Bonchev–Trinajstić information content (AvgIpc) is 3.78. The highest BCUT2D eigenvalue weighted by molar-refractivity contribution is 7.81. The Morgan fingerprint density at radius 2 is 1.94 bits per heavy atom. The second-order valence-electron chi connectivity index (χ2n) is 15.2. The van der Waals surface area contributed by atoms with Crippen LogP contribution in [-0.4, -0.2) is 109 Å². The van der Waals surface area contributed by atoms with E-state index >= 15 is 0 Å². The topological polar surface area (TPSA) is 156 Å². The predicted molar refractivity (Wildman–Crippen MR) is 203 cm³/mol. The Morgan fingerprint density at radius 3 is 2.57 bits per heavy atom. The molecule has 53 heavy (non-hydrogen) atoms. The Morgan fingerprint density at radius 1 is 1.26 bits per heavy atom. The van der Waals surface area contributed by atoms with Crippen molar-refractivity contribution in [1.82, 2.24) is 10.2 Å². The number of aliphatic hydroxyl groups is 1. The number of hydrogen-bond donors (Lipinski definition) is 3. The first-order chi connectivity index (χ1) is 24.6. The van der Waals surface area contributed by atoms with Crippen LogP contribution in [0.3, 0.4) is 0 Å². The molecule has 0 saturated carbocycles. The van der Waals surface area contributed by atoms with Crippen molar-refractivity contribution < 1.29 is 48.0 Å². The summed E-state index contributed by atoms with van der Waals surface area (Å²) in [6, 6.07) is 2.60. The summed E-state index contributed by atoms with van der Waals surface area (Å²) >= 11 is 11.3. The van der Waals surface area contributed by atoms with Gasteiger partial charge in [-0.3, -0.25) is 14.9 Å². The maximum Gasteiger partial charge on any atom is 0.409 e. The zero-order chi connectivity index (χ0) is 39.6. The lowest BCUT2D eigenvalue weighted by Crippen LogP contribution is -2.63. The summed E-state index contributed by atoms with van der Waals surface area (Å²) in [5, 5.41) is 14.5. The fourth-order valence-electron chi connectivity index (χ4n) is 6.81. The van der Waals surface area contributed by atoms with Crippen LogP contribution >= 0.6 is 24.2 Å². The number of benzene rings is 1. The lowest BCUT2D eigenvalue weighted by atomic mass is 9.83. The molecule has 15 heteroatoms. The molecule has 4 rings (SSSR count). The maximum absolute atomic E-state index is 14.1. The SMILES string of the molecule is COc1cc2cc(c1Cl)N(C)C(=O)C[C@H](OC(=O)[C@H](C)N(C)C(=O)CCC(C)(C)S)[C@]1(C)O[C@H]1C(C)[C@@H]1C[C@@](O)(NC(=O)O1)[C@H](OC)C=CC=C(C)C2. The van der Waals surface area contributed by atoms with E-state index < -0.39 is 65.7 Å². The Bertz CT molecular complexity index is 1630. The minimum Gasteiger partial charge on any atom is -0.495 e. The van der Waals surface area contributed by atoms with Gasteiger partial charge in [0.05, 0.1) is 25.3 Å². The highest BCUT2D eigenvalue weighted by Crippen LogP contribution is 2.49. The van der Waals surface area contributed by atoms with Crippen molar-refractivity contribution >= 4 is 53.8 Å². The monoisotopic (exact) mass is 779 g/mol. The van der Waals surface area contributed by atoms with Crippen LogP contribution in [0, 0.1) is 5.92 Å². The zero-order valence-corrected chi connectivity index (χ0v) is 33.9. The fourth-order valence-corrected chi connectivity index (χ4v) is 7.23. The van der Waals surface area contributed by atoms with Gasteiger partial charge in [-0.1, -0.05) is 56.2 Å². The number of nitrogens with one attached hydrogen (secondary N) is 1. The van der Waals surface area contributed by atoms with Gasteiger partial charge in [-0.05, 0) is 51.3 Å². The third-order valence-electron chi connectivity index (χ3n) is 10.5. The molecule has 0 radical (unpaired) electrons. The number of carbonyl (C=O) groups is 4. The Balaban J connectivity index is 1.74. The normalized spacial score (nSPS) is 29.9. The van der Waals surface area contributed by atoms with Crippen LogP contribution < -0.4 is 15.0 Å². The molecule has 2 fully saturated rings. The summed E-state index contributed by atoms with van der Waals surface area (Å²) in [4.78, 5) is 56.5. The molecular formula is C38H54ClN3O10S. The first kappa shape index (κ1) is 42.4. The van der Waals surface area contributed by atoms with Gasteiger partial charge in [0.2, 0.25) is 11.8 Å². The van der Waals surface area contributed by atoms with Gasteiger partial charge in [0, 0.05) is 44.7 Å². The van der Waals surface area contributed by atoms with E-state index in [2.05, 4.69) is 17.9 Å². The molecule has 3 aliphatic heterocycles. The van der Waals surface area contributed by atoms with Crippen LogP contribution in [0.25, 0.3) is 0 Å². The molecule has 3 aliphatic rings. The van der Waals surface area contributed by atoms with Crippen LogP contribution in [0.15, 0.2) is 35.9 Å². The molecule has 0 spiro atoms. The number of thiol groups is 1. The van der Waals surface area contributed by atoms with Gasteiger partial charge in [-0.25, -0.2) is 9.59 Å². The minimum atomic E-state index is -1.83. The van der Waals surface area contributed by atoms with Gasteiger partial charge in [0.25, 0.3) is 0 Å². The molecular weight excluding hydrogens is 726 g/mol. The summed E-state index contributed by atoms with van der Waals surface area (Å²) in [5.74, 6) is -1.58. The number of carbonyl (C=O) groups excluding carboxylic acids is 4. The van der Waals surface area contributed by atoms with E-state index in [1.54, 1.807) is 52.1 Å². The van der Waals surface area contributed by atoms with Gasteiger partial charge in [-0.15, -0.1) is 0 Å². The Hall–Kier alpha value is -3.30. The van der Waals surface area contributed by atoms with Gasteiger partial charge in [0.1, 0.15) is 40.7 Å². The van der Waals surface area contributed by atoms with Crippen LogP contribution in [-0.2, 0) is 39.8 Å². The molecule has 13 nitrogen and oxygen atoms in total. The molecule has 0 aromatic heterocycles. The second kappa shape index (κ2) is 16.6. The lowest BCUT2D eigenvalue weighted by Gasteiger charge is -2.42. The van der Waals surface area contributed by atoms with E-state index in [1.165, 1.54) is 31.1 Å². The van der Waals surface area contributed by atoms with Crippen molar-refractivity contribution in [3.05, 3.63) is 46.5 Å². The van der Waals surface area contributed by atoms with Gasteiger partial charge in [-0.2, -0.15) is 12.6 Å². The van der Waals surface area contributed by atoms with Crippen molar-refractivity contribution in [1.29, 1.82) is 0 Å². The first-order valence-electron chi connectivity index (χ1n) is 17.7. The number of ether oxygens (including phenoxy) is 5. The standard InChI is InChI=1S/C38H54ClN3O10S/c1-21-12-11-13-28(49-10)38(47)20-27(50-35(46)40-38)22(2)33-37(6,52-33)29(51-34(45)23(3)41(7)30(43)14-15-36(4,5)53)19-31(44)42(8)25-17-24(16-21)18-26(48-9)32(25)39/h11-13,17-18,22-23,27-29,33,47,53H,14-16,19-20H2,1-10H3,(H,40,46)/t22?,23-,27-,28+,29-,33-,37-,38-/m0/s1. The highest BCUT2D eigenvalue weighted by atomic mass is 35.5. The molecule has 1 aromatic carbocycles. The van der Waals surface area contributed by atoms with Crippen molar-refractivity contribution in [2.24, 2.45) is 5.92 Å². The van der Waals surface area contributed by atoms with E-state index in [4.69, 9.17) is 35.3 Å². The van der Waals surface area contributed by atoms with Crippen LogP contribution in [0.4, 0.5) is 10.5 Å². The Labute approximate surface area is 322 Å². The number of methoxy groups -OCH3 is 2. The molecule has 8 atom stereocenters. The predicted octanol–water partition coefficient (Wildman–Crippen LogP) is 5.00. The number of nitrogens with zero attached hydrogens (tertiary/aromatic N) is 2. The van der Waals surface area contributed by atoms with E-state index in [0.717, 1.165) is 11.1 Å². The summed E-state index contributed by atoms with van der Waals surface area (Å²) in [7, 11) is 6.02. The first-order valence-corrected chi connectivity index (χ1v) is 18.5. The molecule has 3 amide bonds. The molecule has 1 aromatic rings. The van der Waals surface area contributed by atoms with Crippen molar-refractivity contribution in [3.63, 3.8) is 0 Å². The number of epoxide rings is 1. The average molecular weight is 780 g/mol. The van der Waals surface area contributed by atoms with E-state index in [9.17, 15) is 24.3 Å². The molecule has 4 bridgehead atoms. The summed E-state index contributed by atoms with van der Waals surface area (Å²) < 4.78 is 28.8. The largest absolute Gasteiger partial charge is 0.495 e. The molecule has 2 saturated heterocycles. The third kappa shape index (κ3) is 9.88. The number of fused-ring (bicyclic) bond motifs is 5. The van der Waals surface area contributed by atoms with E-state index in [-0.39, 0.29) is 34.9 Å². The molecule has 294 valence electrons. The second-order valence-corrected chi connectivity index (χ2v) is 16.8. The maximum atomic E-state index is 14.1. The number of amides is 3. The van der Waals surface area contributed by atoms with Crippen LogP contribution in [0.2, 0.25) is 5.02 Å². The lowest BCUT2D eigenvalue weighted by molar-refractivity contribution is -0.162. The molecule has 2 N–H and O–H groups in total. The Kier molecular flexibility index (Phi) is 13.3. The minimum absolute atomic E-state index is 0.0509. The number of rotatable bonds is 8. The van der Waals surface area contributed by atoms with E-state index in [0.29, 0.717) is 24.3 Å². The number of halogens is 1. The van der Waals surface area contributed by atoms with Crippen LogP contribution in [0.1, 0.15) is 72.8 Å². The number of esters is 1. The summed E-state index contributed by atoms with van der Waals surface area (Å²) in [6.45, 7) is 10.8. The highest BCUT2D eigenvalue weighted by Gasteiger charge is 2.64. The molecule has 1 unspecified atom stereocenters. The van der Waals surface area contributed by atoms with Gasteiger partial charge >= 0.3 is 12.1 Å². The number of anilines is 1. The number of alkyl carbamates (subject to hydrolysis) is 1. The van der Waals surface area contributed by atoms with E-state index in [1.807, 2.05) is 26.8 Å². The third-order valence-corrected chi connectivity index (χ3v) is 11.1. The van der Waals surface area contributed by atoms with Gasteiger partial charge in [0.15, 0.2) is 5.72 Å². The summed E-state index contributed by atoms with van der Waals surface area (Å²) in [5.41, 5.74) is -0.916. The van der Waals surface area contributed by atoms with Crippen molar-refractivity contribution in [2.75, 3.05) is 33.2 Å². The zero-order valence-electron chi connectivity index (χ0n) is 32.2. The van der Waals surface area contributed by atoms with Crippen molar-refractivity contribution in [3.8, 4) is 5.75 Å². The quantitative estimate of drug-likeness (QED) is 0.187. The van der Waals surface area contributed by atoms with Crippen molar-refractivity contribution in [2.45, 2.75) is 120 Å².